The van der Waals surface area contributed by atoms with Crippen molar-refractivity contribution in [2.24, 2.45) is 0 Å². The van der Waals surface area contributed by atoms with Gasteiger partial charge < -0.3 is 15.3 Å². The van der Waals surface area contributed by atoms with Crippen LogP contribution < -0.4 is 10.2 Å². The third-order valence-corrected chi connectivity index (χ3v) is 4.02. The fraction of sp³-hybridized carbons (Fsp3) is 0.368. The van der Waals surface area contributed by atoms with Crippen LogP contribution in [-0.4, -0.2) is 42.7 Å². The van der Waals surface area contributed by atoms with Crippen LogP contribution in [0.2, 0.25) is 0 Å². The van der Waals surface area contributed by atoms with Gasteiger partial charge in [0.1, 0.15) is 0 Å². The monoisotopic (exact) mass is 327 g/mol. The number of aliphatic hydroxyl groups excluding tert-OH is 1. The van der Waals surface area contributed by atoms with Gasteiger partial charge in [-0.2, -0.15) is 0 Å². The second-order valence-electron chi connectivity index (χ2n) is 5.99. The molecule has 0 saturated heterocycles. The molecule has 1 amide bonds. The number of anilines is 1. The van der Waals surface area contributed by atoms with Gasteiger partial charge in [-0.25, -0.2) is 0 Å². The second kappa shape index (κ2) is 8.45. The fourth-order valence-electron chi connectivity index (χ4n) is 2.48. The summed E-state index contributed by atoms with van der Waals surface area (Å²) in [5.74, 6) is -0.158. The van der Waals surface area contributed by atoms with E-state index in [1.165, 1.54) is 0 Å². The lowest BCUT2D eigenvalue weighted by molar-refractivity contribution is 0.0929. The molecule has 128 valence electrons. The molecule has 0 aliphatic carbocycles. The Morgan fingerprint density at radius 2 is 1.92 bits per heavy atom. The van der Waals surface area contributed by atoms with Gasteiger partial charge in [0.15, 0.2) is 0 Å². The number of amides is 1. The van der Waals surface area contributed by atoms with Crippen LogP contribution in [0.25, 0.3) is 11.1 Å². The Hall–Kier alpha value is -2.40. The van der Waals surface area contributed by atoms with E-state index in [4.69, 9.17) is 5.11 Å². The summed E-state index contributed by atoms with van der Waals surface area (Å²) in [7, 11) is 4.00. The lowest BCUT2D eigenvalue weighted by atomic mass is 10.0. The molecule has 24 heavy (non-hydrogen) atoms. The van der Waals surface area contributed by atoms with E-state index in [-0.39, 0.29) is 18.6 Å². The molecular weight excluding hydrogens is 302 g/mol. The van der Waals surface area contributed by atoms with Crippen LogP contribution in [-0.2, 0) is 0 Å². The Bertz CT molecular complexity index is 669. The molecule has 0 saturated carbocycles. The van der Waals surface area contributed by atoms with Gasteiger partial charge in [-0.1, -0.05) is 19.1 Å². The summed E-state index contributed by atoms with van der Waals surface area (Å²) in [6, 6.07) is 9.94. The highest BCUT2D eigenvalue weighted by Gasteiger charge is 2.13. The molecule has 0 aliphatic heterocycles. The molecule has 2 N–H and O–H groups in total. The number of carbonyl (C=O) groups is 1. The first kappa shape index (κ1) is 17.9. The number of nitrogens with one attached hydrogen (secondary N) is 1. The Morgan fingerprint density at radius 3 is 2.50 bits per heavy atom. The van der Waals surface area contributed by atoms with E-state index in [1.807, 2.05) is 56.3 Å². The lowest BCUT2D eigenvalue weighted by Crippen LogP contribution is -2.35. The maximum atomic E-state index is 12.4. The van der Waals surface area contributed by atoms with Crippen molar-refractivity contribution in [3.05, 3.63) is 48.3 Å². The average molecular weight is 327 g/mol. The molecule has 1 aromatic carbocycles. The molecular formula is C19H25N3O2. The van der Waals surface area contributed by atoms with Crippen LogP contribution in [0.1, 0.15) is 30.1 Å². The molecule has 0 bridgehead atoms. The second-order valence-corrected chi connectivity index (χ2v) is 5.99. The number of hydrogen-bond acceptors (Lipinski definition) is 4. The van der Waals surface area contributed by atoms with E-state index < -0.39 is 0 Å². The van der Waals surface area contributed by atoms with Crippen LogP contribution in [0.15, 0.2) is 42.7 Å². The summed E-state index contributed by atoms with van der Waals surface area (Å²) >= 11 is 0. The zero-order valence-corrected chi connectivity index (χ0v) is 14.5. The van der Waals surface area contributed by atoms with Crippen LogP contribution in [0.3, 0.4) is 0 Å². The van der Waals surface area contributed by atoms with Gasteiger partial charge in [0.2, 0.25) is 0 Å². The average Bonchev–Trinajstić information content (AvgIpc) is 2.61. The minimum absolute atomic E-state index is 0.0227. The van der Waals surface area contributed by atoms with Crippen LogP contribution in [0, 0.1) is 0 Å². The quantitative estimate of drug-likeness (QED) is 0.820. The van der Waals surface area contributed by atoms with Gasteiger partial charge >= 0.3 is 0 Å². The normalized spacial score (nSPS) is 11.8. The molecule has 5 nitrogen and oxygen atoms in total. The molecule has 0 radical (unpaired) electrons. The van der Waals surface area contributed by atoms with Crippen molar-refractivity contribution in [2.45, 2.75) is 25.8 Å². The van der Waals surface area contributed by atoms with Gasteiger partial charge in [-0.05, 0) is 36.6 Å². The molecule has 1 atom stereocenters. The first-order valence-electron chi connectivity index (χ1n) is 8.19. The topological polar surface area (TPSA) is 65.5 Å². The van der Waals surface area contributed by atoms with Crippen LogP contribution in [0.5, 0.6) is 0 Å². The number of aromatic nitrogens is 1. The van der Waals surface area contributed by atoms with Crippen molar-refractivity contribution in [1.29, 1.82) is 0 Å². The molecule has 0 spiro atoms. The smallest absolute Gasteiger partial charge is 0.253 e. The largest absolute Gasteiger partial charge is 0.396 e. The zero-order chi connectivity index (χ0) is 17.5. The third kappa shape index (κ3) is 4.55. The van der Waals surface area contributed by atoms with Gasteiger partial charge in [0, 0.05) is 50.4 Å². The number of benzene rings is 1. The predicted octanol–water partition coefficient (Wildman–Crippen LogP) is 2.71. The Kier molecular flexibility index (Phi) is 6.32. The minimum Gasteiger partial charge on any atom is -0.396 e. The molecule has 1 heterocycles. The van der Waals surface area contributed by atoms with Gasteiger partial charge in [0.25, 0.3) is 5.91 Å². The molecule has 0 aliphatic rings. The Morgan fingerprint density at radius 1 is 1.21 bits per heavy atom. The van der Waals surface area contributed by atoms with E-state index in [0.29, 0.717) is 12.0 Å². The maximum absolute atomic E-state index is 12.4. The number of rotatable bonds is 7. The van der Waals surface area contributed by atoms with Gasteiger partial charge in [0.05, 0.1) is 5.56 Å². The summed E-state index contributed by atoms with van der Waals surface area (Å²) in [6.45, 7) is 2.05. The lowest BCUT2D eigenvalue weighted by Gasteiger charge is -2.16. The van der Waals surface area contributed by atoms with E-state index in [2.05, 4.69) is 10.3 Å². The van der Waals surface area contributed by atoms with Crippen molar-refractivity contribution >= 4 is 11.6 Å². The SMILES string of the molecule is CCC(CCO)NC(=O)c1cncc(-c2ccc(N(C)C)cc2)c1. The summed E-state index contributed by atoms with van der Waals surface area (Å²) in [6.07, 6.45) is 4.66. The maximum Gasteiger partial charge on any atom is 0.253 e. The number of carbonyl (C=O) groups excluding carboxylic acids is 1. The number of aliphatic hydroxyl groups is 1. The highest BCUT2D eigenvalue weighted by Crippen LogP contribution is 2.22. The number of hydrogen-bond donors (Lipinski definition) is 2. The first-order chi connectivity index (χ1) is 11.5. The van der Waals surface area contributed by atoms with Gasteiger partial charge in [-0.15, -0.1) is 0 Å². The van der Waals surface area contributed by atoms with E-state index in [9.17, 15) is 4.79 Å². The zero-order valence-electron chi connectivity index (χ0n) is 14.5. The third-order valence-electron chi connectivity index (χ3n) is 4.02. The minimum atomic E-state index is -0.158. The summed E-state index contributed by atoms with van der Waals surface area (Å²) in [4.78, 5) is 18.6. The number of nitrogens with zero attached hydrogens (tertiary/aromatic N) is 2. The van der Waals surface area contributed by atoms with Crippen LogP contribution >= 0.6 is 0 Å². The van der Waals surface area contributed by atoms with Crippen molar-refractivity contribution < 1.29 is 9.90 Å². The first-order valence-corrected chi connectivity index (χ1v) is 8.19. The summed E-state index contributed by atoms with van der Waals surface area (Å²) in [5.41, 5.74) is 3.57. The van der Waals surface area contributed by atoms with E-state index >= 15 is 0 Å². The van der Waals surface area contributed by atoms with E-state index in [0.717, 1.165) is 23.2 Å². The van der Waals surface area contributed by atoms with Crippen molar-refractivity contribution in [3.8, 4) is 11.1 Å². The summed E-state index contributed by atoms with van der Waals surface area (Å²) < 4.78 is 0. The molecule has 1 aromatic heterocycles. The Balaban J connectivity index is 2.17. The molecule has 2 aromatic rings. The predicted molar refractivity (Wildman–Crippen MR) is 97.2 cm³/mol. The molecule has 2 rings (SSSR count). The van der Waals surface area contributed by atoms with Crippen LogP contribution in [0.4, 0.5) is 5.69 Å². The van der Waals surface area contributed by atoms with Crippen molar-refractivity contribution in [1.82, 2.24) is 10.3 Å². The molecule has 5 heteroatoms. The molecule has 1 unspecified atom stereocenters. The van der Waals surface area contributed by atoms with E-state index in [1.54, 1.807) is 12.4 Å². The van der Waals surface area contributed by atoms with Crippen molar-refractivity contribution in [3.63, 3.8) is 0 Å². The highest BCUT2D eigenvalue weighted by molar-refractivity contribution is 5.95. The molecule has 0 fully saturated rings. The number of pyridine rings is 1. The van der Waals surface area contributed by atoms with Crippen molar-refractivity contribution in [2.75, 3.05) is 25.6 Å². The Labute approximate surface area is 143 Å². The standard InChI is InChI=1S/C19H25N3O2/c1-4-17(9-10-23)21-19(24)16-11-15(12-20-13-16)14-5-7-18(8-6-14)22(2)3/h5-8,11-13,17,23H,4,9-10H2,1-3H3,(H,21,24). The summed E-state index contributed by atoms with van der Waals surface area (Å²) in [5, 5.41) is 12.0. The highest BCUT2D eigenvalue weighted by atomic mass is 16.3. The fourth-order valence-corrected chi connectivity index (χ4v) is 2.48. The van der Waals surface area contributed by atoms with Gasteiger partial charge in [-0.3, -0.25) is 9.78 Å².